The molecule has 26 heavy (non-hydrogen) atoms. The van der Waals surface area contributed by atoms with Gasteiger partial charge in [0.25, 0.3) is 0 Å². The summed E-state index contributed by atoms with van der Waals surface area (Å²) in [6.07, 6.45) is -10.6. The molecule has 0 spiro atoms. The van der Waals surface area contributed by atoms with Gasteiger partial charge in [-0.15, -0.1) is 38.0 Å². The minimum atomic E-state index is -4.89. The lowest BCUT2D eigenvalue weighted by Crippen LogP contribution is -2.45. The number of rotatable bonds is 5. The van der Waals surface area contributed by atoms with Gasteiger partial charge in [-0.3, -0.25) is 4.90 Å². The molecule has 3 nitrogen and oxygen atoms in total. The average molecular weight is 429 g/mol. The van der Waals surface area contributed by atoms with Gasteiger partial charge in [-0.05, 0) is 12.5 Å². The van der Waals surface area contributed by atoms with Crippen molar-refractivity contribution in [3.8, 4) is 5.75 Å². The number of hydrogen-bond acceptors (Lipinski definition) is 3. The van der Waals surface area contributed by atoms with Crippen LogP contribution in [0.3, 0.4) is 0 Å². The minimum Gasteiger partial charge on any atom is -0.405 e. The Kier molecular flexibility index (Phi) is 10.1. The van der Waals surface area contributed by atoms with Crippen LogP contribution in [0.1, 0.15) is 24.4 Å². The first kappa shape index (κ1) is 25.1. The van der Waals surface area contributed by atoms with Gasteiger partial charge in [-0.2, -0.15) is 13.2 Å². The Morgan fingerprint density at radius 3 is 2.12 bits per heavy atom. The molecule has 1 saturated heterocycles. The molecule has 1 heterocycles. The smallest absolute Gasteiger partial charge is 0.405 e. The summed E-state index contributed by atoms with van der Waals surface area (Å²) in [5, 5.41) is 3.07. The maximum absolute atomic E-state index is 12.6. The number of piperazine rings is 1. The molecule has 1 fully saturated rings. The molecule has 1 atom stereocenters. The third kappa shape index (κ3) is 8.20. The molecule has 1 aliphatic rings. The van der Waals surface area contributed by atoms with Crippen LogP contribution in [0.25, 0.3) is 0 Å². The number of nitrogens with zero attached hydrogens (tertiary/aromatic N) is 1. The Labute approximate surface area is 159 Å². The van der Waals surface area contributed by atoms with Crippen LogP contribution in [-0.2, 0) is 0 Å². The van der Waals surface area contributed by atoms with Gasteiger partial charge in [-0.1, -0.05) is 18.2 Å². The summed E-state index contributed by atoms with van der Waals surface area (Å²) in [6.45, 7) is 2.07. The van der Waals surface area contributed by atoms with Gasteiger partial charge in [0.05, 0.1) is 0 Å². The molecule has 0 aromatic heterocycles. The quantitative estimate of drug-likeness (QED) is 0.686. The van der Waals surface area contributed by atoms with Crippen molar-refractivity contribution >= 4 is 24.8 Å². The van der Waals surface area contributed by atoms with E-state index in [1.54, 1.807) is 4.90 Å². The Morgan fingerprint density at radius 2 is 1.58 bits per heavy atom. The number of ether oxygens (including phenoxy) is 1. The van der Waals surface area contributed by atoms with E-state index in [4.69, 9.17) is 0 Å². The summed E-state index contributed by atoms with van der Waals surface area (Å²) >= 11 is 0. The fourth-order valence-electron chi connectivity index (χ4n) is 2.80. The van der Waals surface area contributed by atoms with Crippen LogP contribution in [0.5, 0.6) is 5.75 Å². The van der Waals surface area contributed by atoms with E-state index in [1.807, 2.05) is 0 Å². The van der Waals surface area contributed by atoms with Gasteiger partial charge < -0.3 is 10.1 Å². The van der Waals surface area contributed by atoms with Gasteiger partial charge in [0.1, 0.15) is 5.75 Å². The fourth-order valence-corrected chi connectivity index (χ4v) is 2.80. The maximum atomic E-state index is 12.6. The van der Waals surface area contributed by atoms with Crippen molar-refractivity contribution < 1.29 is 31.1 Å². The molecule has 0 bridgehead atoms. The van der Waals surface area contributed by atoms with Crippen LogP contribution in [0.15, 0.2) is 24.3 Å². The van der Waals surface area contributed by atoms with Gasteiger partial charge in [0.15, 0.2) is 0 Å². The lowest BCUT2D eigenvalue weighted by atomic mass is 9.98. The summed E-state index contributed by atoms with van der Waals surface area (Å²) in [5.74, 6) is -0.448. The standard InChI is InChI=1S/C15H18F6N2O.2ClH/c16-14(17,18)6-5-12(23-9-7-22-8-10-23)11-3-1-2-4-13(11)24-15(19,20)21;;/h1-4,12,22H,5-10H2;2*1H/t12-;;/m1../s1. The second-order valence-corrected chi connectivity index (χ2v) is 5.54. The average Bonchev–Trinajstić information content (AvgIpc) is 2.47. The molecule has 1 aliphatic heterocycles. The number of alkyl halides is 6. The molecule has 0 amide bonds. The molecule has 152 valence electrons. The Hall–Kier alpha value is -0.900. The second-order valence-electron chi connectivity index (χ2n) is 5.54. The first-order valence-corrected chi connectivity index (χ1v) is 7.52. The van der Waals surface area contributed by atoms with E-state index < -0.39 is 30.8 Å². The molecular formula is C15H20Cl2F6N2O. The van der Waals surface area contributed by atoms with Crippen molar-refractivity contribution in [2.24, 2.45) is 0 Å². The molecule has 11 heteroatoms. The third-order valence-corrected chi connectivity index (χ3v) is 3.80. The lowest BCUT2D eigenvalue weighted by Gasteiger charge is -2.36. The van der Waals surface area contributed by atoms with E-state index in [0.717, 1.165) is 6.07 Å². The van der Waals surface area contributed by atoms with Crippen molar-refractivity contribution in [3.63, 3.8) is 0 Å². The molecular weight excluding hydrogens is 409 g/mol. The molecule has 0 radical (unpaired) electrons. The Morgan fingerprint density at radius 1 is 1.00 bits per heavy atom. The first-order valence-electron chi connectivity index (χ1n) is 7.52. The van der Waals surface area contributed by atoms with E-state index >= 15 is 0 Å². The number of halogens is 8. The maximum Gasteiger partial charge on any atom is 0.573 e. The van der Waals surface area contributed by atoms with E-state index in [1.165, 1.54) is 18.2 Å². The molecule has 0 saturated carbocycles. The highest BCUT2D eigenvalue weighted by molar-refractivity contribution is 5.85. The van der Waals surface area contributed by atoms with Crippen molar-refractivity contribution in [1.82, 2.24) is 10.2 Å². The van der Waals surface area contributed by atoms with Crippen LogP contribution in [0.2, 0.25) is 0 Å². The predicted molar refractivity (Wildman–Crippen MR) is 90.1 cm³/mol. The van der Waals surface area contributed by atoms with Crippen molar-refractivity contribution in [1.29, 1.82) is 0 Å². The summed E-state index contributed by atoms with van der Waals surface area (Å²) in [4.78, 5) is 1.76. The highest BCUT2D eigenvalue weighted by atomic mass is 35.5. The number of hydrogen-bond donors (Lipinski definition) is 1. The first-order chi connectivity index (χ1) is 11.2. The number of nitrogens with one attached hydrogen (secondary N) is 1. The summed E-state index contributed by atoms with van der Waals surface area (Å²) in [5.41, 5.74) is 0.126. The lowest BCUT2D eigenvalue weighted by molar-refractivity contribution is -0.275. The number of benzene rings is 1. The Bertz CT molecular complexity index is 536. The third-order valence-electron chi connectivity index (χ3n) is 3.80. The van der Waals surface area contributed by atoms with Crippen LogP contribution in [0, 0.1) is 0 Å². The van der Waals surface area contributed by atoms with Crippen molar-refractivity contribution in [2.45, 2.75) is 31.4 Å². The highest BCUT2D eigenvalue weighted by Gasteiger charge is 2.35. The fraction of sp³-hybridized carbons (Fsp3) is 0.600. The molecule has 2 rings (SSSR count). The van der Waals surface area contributed by atoms with E-state index in [9.17, 15) is 26.3 Å². The van der Waals surface area contributed by atoms with Gasteiger partial charge in [0, 0.05) is 44.2 Å². The normalized spacial score (nSPS) is 17.0. The molecule has 0 unspecified atom stereocenters. The van der Waals surface area contributed by atoms with Gasteiger partial charge in [0.2, 0.25) is 0 Å². The van der Waals surface area contributed by atoms with Crippen LogP contribution in [0.4, 0.5) is 26.3 Å². The SMILES string of the molecule is Cl.Cl.FC(F)(F)CC[C@H](c1ccccc1OC(F)(F)F)N1CCNCC1. The zero-order valence-corrected chi connectivity index (χ0v) is 15.2. The van der Waals surface area contributed by atoms with Gasteiger partial charge >= 0.3 is 12.5 Å². The molecule has 0 aliphatic carbocycles. The largest absolute Gasteiger partial charge is 0.573 e. The van der Waals surface area contributed by atoms with Crippen LogP contribution >= 0.6 is 24.8 Å². The zero-order valence-electron chi connectivity index (χ0n) is 13.6. The van der Waals surface area contributed by atoms with E-state index in [-0.39, 0.29) is 36.8 Å². The minimum absolute atomic E-state index is 0. The summed E-state index contributed by atoms with van der Waals surface area (Å²) in [6, 6.07) is 4.60. The summed E-state index contributed by atoms with van der Waals surface area (Å²) < 4.78 is 79.6. The Balaban J connectivity index is 0.00000312. The molecule has 1 N–H and O–H groups in total. The molecule has 1 aromatic carbocycles. The zero-order chi connectivity index (χ0) is 17.8. The monoisotopic (exact) mass is 428 g/mol. The highest BCUT2D eigenvalue weighted by Crippen LogP contribution is 2.37. The van der Waals surface area contributed by atoms with E-state index in [0.29, 0.717) is 26.2 Å². The van der Waals surface area contributed by atoms with Gasteiger partial charge in [-0.25, -0.2) is 0 Å². The van der Waals surface area contributed by atoms with Crippen molar-refractivity contribution in [2.75, 3.05) is 26.2 Å². The second kappa shape index (κ2) is 10.4. The van der Waals surface area contributed by atoms with Crippen LogP contribution in [-0.4, -0.2) is 43.6 Å². The predicted octanol–water partition coefficient (Wildman–Crippen LogP) is 4.72. The number of para-hydroxylation sites is 1. The van der Waals surface area contributed by atoms with E-state index in [2.05, 4.69) is 10.1 Å². The summed E-state index contributed by atoms with van der Waals surface area (Å²) in [7, 11) is 0. The topological polar surface area (TPSA) is 24.5 Å². The van der Waals surface area contributed by atoms with Crippen molar-refractivity contribution in [3.05, 3.63) is 29.8 Å². The van der Waals surface area contributed by atoms with Crippen LogP contribution < -0.4 is 10.1 Å². The molecule has 1 aromatic rings.